The third-order valence-electron chi connectivity index (χ3n) is 2.77. The second-order valence-corrected chi connectivity index (χ2v) is 5.91. The Morgan fingerprint density at radius 1 is 1.40 bits per heavy atom. The Morgan fingerprint density at radius 3 is 2.70 bits per heavy atom. The molecule has 20 heavy (non-hydrogen) atoms. The minimum absolute atomic E-state index is 0.0680. The van der Waals surface area contributed by atoms with Gasteiger partial charge in [0.25, 0.3) is 0 Å². The number of nitrogens with zero attached hydrogens (tertiary/aromatic N) is 1. The second-order valence-electron chi connectivity index (χ2n) is 4.41. The van der Waals surface area contributed by atoms with Gasteiger partial charge >= 0.3 is 0 Å². The first-order chi connectivity index (χ1) is 9.54. The smallest absolute Gasteiger partial charge is 0.244 e. The van der Waals surface area contributed by atoms with Crippen molar-refractivity contribution in [1.82, 2.24) is 10.3 Å². The standard InChI is InChI=1S/C15H15ClN2OS/c1-10(12-3-5-13(16)6-4-12)17-15(19)8-7-14-9-20-11(2)18-14/h3-10H,1-2H3,(H,17,19)/b8-7+. The fourth-order valence-electron chi connectivity index (χ4n) is 1.71. The molecule has 2 aromatic rings. The molecule has 0 aliphatic carbocycles. The van der Waals surface area contributed by atoms with E-state index in [1.807, 2.05) is 43.5 Å². The van der Waals surface area contributed by atoms with Crippen molar-refractivity contribution in [3.63, 3.8) is 0 Å². The van der Waals surface area contributed by atoms with Crippen LogP contribution in [0, 0.1) is 6.92 Å². The molecule has 0 fully saturated rings. The lowest BCUT2D eigenvalue weighted by Crippen LogP contribution is -2.24. The van der Waals surface area contributed by atoms with Crippen LogP contribution < -0.4 is 5.32 Å². The molecule has 2 rings (SSSR count). The van der Waals surface area contributed by atoms with E-state index in [0.717, 1.165) is 16.3 Å². The van der Waals surface area contributed by atoms with Gasteiger partial charge in [-0.25, -0.2) is 4.98 Å². The largest absolute Gasteiger partial charge is 0.346 e. The van der Waals surface area contributed by atoms with E-state index in [0.29, 0.717) is 5.02 Å². The number of hydrogen-bond donors (Lipinski definition) is 1. The lowest BCUT2D eigenvalue weighted by Gasteiger charge is -2.12. The molecule has 0 bridgehead atoms. The van der Waals surface area contributed by atoms with Crippen LogP contribution in [-0.4, -0.2) is 10.9 Å². The predicted octanol–water partition coefficient (Wildman–Crippen LogP) is 4.00. The van der Waals surface area contributed by atoms with E-state index in [2.05, 4.69) is 10.3 Å². The first-order valence-corrected chi connectivity index (χ1v) is 7.46. The Kier molecular flexibility index (Phi) is 4.93. The summed E-state index contributed by atoms with van der Waals surface area (Å²) in [5, 5.41) is 6.49. The number of aromatic nitrogens is 1. The molecule has 104 valence electrons. The van der Waals surface area contributed by atoms with E-state index in [1.165, 1.54) is 6.08 Å². The molecule has 0 spiro atoms. The summed E-state index contributed by atoms with van der Waals surface area (Å²) in [6, 6.07) is 7.37. The molecule has 1 unspecified atom stereocenters. The summed E-state index contributed by atoms with van der Waals surface area (Å²) in [5.74, 6) is -0.141. The van der Waals surface area contributed by atoms with Gasteiger partial charge in [0.05, 0.1) is 16.7 Å². The number of carbonyl (C=O) groups excluding carboxylic acids is 1. The number of amides is 1. The van der Waals surface area contributed by atoms with Crippen LogP contribution in [0.15, 0.2) is 35.7 Å². The van der Waals surface area contributed by atoms with Gasteiger partial charge in [0.1, 0.15) is 0 Å². The lowest BCUT2D eigenvalue weighted by molar-refractivity contribution is -0.117. The summed E-state index contributed by atoms with van der Waals surface area (Å²) < 4.78 is 0. The van der Waals surface area contributed by atoms with Crippen LogP contribution in [0.2, 0.25) is 5.02 Å². The number of carbonyl (C=O) groups is 1. The SMILES string of the molecule is Cc1nc(/C=C/C(=O)NC(C)c2ccc(Cl)cc2)cs1. The molecule has 1 aromatic heterocycles. The topological polar surface area (TPSA) is 42.0 Å². The molecular weight excluding hydrogens is 292 g/mol. The quantitative estimate of drug-likeness (QED) is 0.868. The zero-order valence-electron chi connectivity index (χ0n) is 11.3. The number of halogens is 1. The molecule has 1 atom stereocenters. The first-order valence-electron chi connectivity index (χ1n) is 6.21. The molecule has 1 N–H and O–H groups in total. The van der Waals surface area contributed by atoms with E-state index in [9.17, 15) is 4.79 Å². The van der Waals surface area contributed by atoms with E-state index >= 15 is 0 Å². The maximum absolute atomic E-state index is 11.8. The summed E-state index contributed by atoms with van der Waals surface area (Å²) in [4.78, 5) is 16.1. The van der Waals surface area contributed by atoms with E-state index in [-0.39, 0.29) is 11.9 Å². The molecule has 0 saturated carbocycles. The number of nitrogens with one attached hydrogen (secondary N) is 1. The summed E-state index contributed by atoms with van der Waals surface area (Å²) in [7, 11) is 0. The zero-order valence-corrected chi connectivity index (χ0v) is 12.8. The molecule has 1 heterocycles. The molecule has 0 aliphatic rings. The number of aryl methyl sites for hydroxylation is 1. The summed E-state index contributed by atoms with van der Waals surface area (Å²) in [6.07, 6.45) is 3.22. The maximum atomic E-state index is 11.8. The average molecular weight is 307 g/mol. The highest BCUT2D eigenvalue weighted by Crippen LogP contribution is 2.16. The number of benzene rings is 1. The van der Waals surface area contributed by atoms with E-state index in [1.54, 1.807) is 17.4 Å². The van der Waals surface area contributed by atoms with Gasteiger partial charge in [-0.15, -0.1) is 11.3 Å². The van der Waals surface area contributed by atoms with Crippen molar-refractivity contribution in [2.45, 2.75) is 19.9 Å². The van der Waals surface area contributed by atoms with Gasteiger partial charge in [-0.05, 0) is 37.6 Å². The van der Waals surface area contributed by atoms with Crippen molar-refractivity contribution in [2.24, 2.45) is 0 Å². The molecule has 5 heteroatoms. The number of rotatable bonds is 4. The third-order valence-corrected chi connectivity index (χ3v) is 3.81. The fraction of sp³-hybridized carbons (Fsp3) is 0.200. The summed E-state index contributed by atoms with van der Waals surface area (Å²) >= 11 is 7.40. The van der Waals surface area contributed by atoms with Gasteiger partial charge in [0.2, 0.25) is 5.91 Å². The van der Waals surface area contributed by atoms with Crippen molar-refractivity contribution in [2.75, 3.05) is 0 Å². The Balaban J connectivity index is 1.94. The summed E-state index contributed by atoms with van der Waals surface area (Å²) in [5.41, 5.74) is 1.82. The van der Waals surface area contributed by atoms with Crippen molar-refractivity contribution in [3.05, 3.63) is 57.0 Å². The van der Waals surface area contributed by atoms with Crippen molar-refractivity contribution < 1.29 is 4.79 Å². The highest BCUT2D eigenvalue weighted by atomic mass is 35.5. The number of hydrogen-bond acceptors (Lipinski definition) is 3. The molecule has 1 amide bonds. The highest BCUT2D eigenvalue weighted by Gasteiger charge is 2.07. The van der Waals surface area contributed by atoms with Crippen LogP contribution in [-0.2, 0) is 4.79 Å². The minimum atomic E-state index is -0.141. The van der Waals surface area contributed by atoms with Gasteiger partial charge < -0.3 is 5.32 Å². The van der Waals surface area contributed by atoms with Crippen molar-refractivity contribution in [1.29, 1.82) is 0 Å². The van der Waals surface area contributed by atoms with Crippen LogP contribution in [0.4, 0.5) is 0 Å². The fourth-order valence-corrected chi connectivity index (χ4v) is 2.42. The Labute approximate surface area is 127 Å². The monoisotopic (exact) mass is 306 g/mol. The third kappa shape index (κ3) is 4.18. The second kappa shape index (κ2) is 6.68. The van der Waals surface area contributed by atoms with Crippen molar-refractivity contribution in [3.8, 4) is 0 Å². The van der Waals surface area contributed by atoms with Gasteiger partial charge in [-0.3, -0.25) is 4.79 Å². The average Bonchev–Trinajstić information content (AvgIpc) is 2.83. The van der Waals surface area contributed by atoms with Crippen LogP contribution in [0.1, 0.15) is 29.2 Å². The first kappa shape index (κ1) is 14.8. The van der Waals surface area contributed by atoms with Crippen LogP contribution in [0.25, 0.3) is 6.08 Å². The van der Waals surface area contributed by atoms with Gasteiger partial charge in [-0.2, -0.15) is 0 Å². The van der Waals surface area contributed by atoms with Crippen LogP contribution >= 0.6 is 22.9 Å². The lowest BCUT2D eigenvalue weighted by atomic mass is 10.1. The highest BCUT2D eigenvalue weighted by molar-refractivity contribution is 7.09. The predicted molar refractivity (Wildman–Crippen MR) is 83.9 cm³/mol. The Bertz CT molecular complexity index is 619. The molecule has 0 saturated heterocycles. The minimum Gasteiger partial charge on any atom is -0.346 e. The van der Waals surface area contributed by atoms with Gasteiger partial charge in [0.15, 0.2) is 0 Å². The number of thiazole rings is 1. The van der Waals surface area contributed by atoms with E-state index in [4.69, 9.17) is 11.6 Å². The van der Waals surface area contributed by atoms with E-state index < -0.39 is 0 Å². The zero-order chi connectivity index (χ0) is 14.5. The normalized spacial score (nSPS) is 12.6. The van der Waals surface area contributed by atoms with Crippen LogP contribution in [0.5, 0.6) is 0 Å². The maximum Gasteiger partial charge on any atom is 0.244 e. The summed E-state index contributed by atoms with van der Waals surface area (Å²) in [6.45, 7) is 3.87. The van der Waals surface area contributed by atoms with Gasteiger partial charge in [0, 0.05) is 16.5 Å². The Morgan fingerprint density at radius 2 is 2.10 bits per heavy atom. The van der Waals surface area contributed by atoms with Gasteiger partial charge in [-0.1, -0.05) is 23.7 Å². The molecule has 0 aliphatic heterocycles. The molecular formula is C15H15ClN2OS. The molecule has 3 nitrogen and oxygen atoms in total. The van der Waals surface area contributed by atoms with Crippen LogP contribution in [0.3, 0.4) is 0 Å². The van der Waals surface area contributed by atoms with Crippen molar-refractivity contribution >= 4 is 34.9 Å². The molecule has 0 radical (unpaired) electrons. The Hall–Kier alpha value is -1.65. The molecule has 1 aromatic carbocycles.